The van der Waals surface area contributed by atoms with Crippen molar-refractivity contribution in [3.05, 3.63) is 67.7 Å². The zero-order valence-electron chi connectivity index (χ0n) is 13.0. The van der Waals surface area contributed by atoms with Gasteiger partial charge in [0.1, 0.15) is 5.75 Å². The van der Waals surface area contributed by atoms with Crippen molar-refractivity contribution >= 4 is 40.9 Å². The number of aliphatic carboxylic acids is 1. The molecule has 2 aromatic carbocycles. The maximum Gasteiger partial charge on any atom is 0.416 e. The fourth-order valence-corrected chi connectivity index (χ4v) is 2.56. The summed E-state index contributed by atoms with van der Waals surface area (Å²) in [4.78, 5) is 20.9. The minimum atomic E-state index is -4.66. The summed E-state index contributed by atoms with van der Waals surface area (Å²) >= 11 is 11.6. The van der Waals surface area contributed by atoms with Crippen LogP contribution >= 0.6 is 23.2 Å². The number of hydrogen-bond acceptors (Lipinski definition) is 4. The van der Waals surface area contributed by atoms with Crippen molar-refractivity contribution in [3.63, 3.8) is 0 Å². The van der Waals surface area contributed by atoms with Crippen LogP contribution in [0.2, 0.25) is 10.0 Å². The van der Waals surface area contributed by atoms with Crippen molar-refractivity contribution in [3.8, 4) is 11.5 Å². The third-order valence-corrected chi connectivity index (χ3v) is 3.71. The Bertz CT molecular complexity index is 921. The van der Waals surface area contributed by atoms with Gasteiger partial charge in [-0.05, 0) is 30.3 Å². The summed E-state index contributed by atoms with van der Waals surface area (Å²) in [5.74, 6) is -1.66. The zero-order chi connectivity index (χ0) is 20.4. The van der Waals surface area contributed by atoms with E-state index in [0.717, 1.165) is 18.2 Å². The van der Waals surface area contributed by atoms with E-state index in [1.54, 1.807) is 0 Å². The van der Waals surface area contributed by atoms with Gasteiger partial charge in [-0.2, -0.15) is 13.2 Å². The SMILES string of the molecule is O=C(O)/C=C/c1cc(Oc2c(Cl)cc(C(F)(F)F)cc2Cl)ccc1[N+](=O)[O-]. The normalized spacial score (nSPS) is 11.6. The van der Waals surface area contributed by atoms with Crippen LogP contribution in [-0.2, 0) is 11.0 Å². The summed E-state index contributed by atoms with van der Waals surface area (Å²) in [6, 6.07) is 4.59. The summed E-state index contributed by atoms with van der Waals surface area (Å²) in [6.07, 6.45) is -3.00. The average molecular weight is 422 g/mol. The fraction of sp³-hybridized carbons (Fsp3) is 0.0625. The molecule has 0 radical (unpaired) electrons. The van der Waals surface area contributed by atoms with Crippen molar-refractivity contribution < 1.29 is 32.7 Å². The van der Waals surface area contributed by atoms with Crippen LogP contribution in [0.15, 0.2) is 36.4 Å². The van der Waals surface area contributed by atoms with Gasteiger partial charge < -0.3 is 9.84 Å². The first-order chi connectivity index (χ1) is 12.5. The molecule has 0 amide bonds. The molecule has 0 saturated heterocycles. The van der Waals surface area contributed by atoms with E-state index in [1.807, 2.05) is 0 Å². The minimum absolute atomic E-state index is 0.0470. The Hall–Kier alpha value is -2.78. The third-order valence-electron chi connectivity index (χ3n) is 3.15. The summed E-state index contributed by atoms with van der Waals surface area (Å²) in [6.45, 7) is 0. The second-order valence-corrected chi connectivity index (χ2v) is 5.83. The highest BCUT2D eigenvalue weighted by Crippen LogP contribution is 2.42. The van der Waals surface area contributed by atoms with Gasteiger partial charge in [0, 0.05) is 12.1 Å². The molecule has 0 spiro atoms. The molecule has 27 heavy (non-hydrogen) atoms. The Kier molecular flexibility index (Phi) is 5.97. The van der Waals surface area contributed by atoms with Crippen LogP contribution in [0.3, 0.4) is 0 Å². The standard InChI is InChI=1S/C16H8Cl2F3NO5/c17-11-6-9(16(19,20)21)7-12(18)15(11)27-10-2-3-13(22(25)26)8(5-10)1-4-14(23)24/h1-7H,(H,23,24)/b4-1+. The van der Waals surface area contributed by atoms with Gasteiger partial charge in [0.05, 0.1) is 26.1 Å². The third kappa shape index (κ3) is 5.11. The number of benzene rings is 2. The molecular formula is C16H8Cl2F3NO5. The van der Waals surface area contributed by atoms with Crippen LogP contribution in [0, 0.1) is 10.1 Å². The van der Waals surface area contributed by atoms with E-state index in [1.165, 1.54) is 6.07 Å². The lowest BCUT2D eigenvalue weighted by atomic mass is 10.1. The van der Waals surface area contributed by atoms with Crippen LogP contribution in [0.5, 0.6) is 11.5 Å². The van der Waals surface area contributed by atoms with Crippen LogP contribution in [0.25, 0.3) is 6.08 Å². The van der Waals surface area contributed by atoms with Gasteiger partial charge in [-0.15, -0.1) is 0 Å². The molecule has 2 rings (SSSR count). The van der Waals surface area contributed by atoms with Crippen LogP contribution in [0.4, 0.5) is 18.9 Å². The van der Waals surface area contributed by atoms with Gasteiger partial charge in [-0.3, -0.25) is 10.1 Å². The fourth-order valence-electron chi connectivity index (χ4n) is 2.00. The Morgan fingerprint density at radius 1 is 1.19 bits per heavy atom. The zero-order valence-corrected chi connectivity index (χ0v) is 14.5. The molecule has 2 aromatic rings. The van der Waals surface area contributed by atoms with Gasteiger partial charge in [-0.1, -0.05) is 23.2 Å². The number of carboxylic acid groups (broad SMARTS) is 1. The van der Waals surface area contributed by atoms with E-state index >= 15 is 0 Å². The molecule has 0 aliphatic rings. The number of carboxylic acids is 1. The predicted molar refractivity (Wildman–Crippen MR) is 91.3 cm³/mol. The van der Waals surface area contributed by atoms with Crippen molar-refractivity contribution in [1.82, 2.24) is 0 Å². The Morgan fingerprint density at radius 3 is 2.26 bits per heavy atom. The number of nitro groups is 1. The first-order valence-corrected chi connectivity index (χ1v) is 7.68. The minimum Gasteiger partial charge on any atom is -0.478 e. The molecule has 1 N–H and O–H groups in total. The summed E-state index contributed by atoms with van der Waals surface area (Å²) < 4.78 is 43.6. The van der Waals surface area contributed by atoms with Gasteiger partial charge in [0.2, 0.25) is 0 Å². The topological polar surface area (TPSA) is 89.7 Å². The molecule has 142 valence electrons. The molecule has 0 saturated carbocycles. The largest absolute Gasteiger partial charge is 0.478 e. The summed E-state index contributed by atoms with van der Waals surface area (Å²) in [7, 11) is 0. The number of nitro benzene ring substituents is 1. The van der Waals surface area contributed by atoms with Gasteiger partial charge in [0.25, 0.3) is 5.69 Å². The molecule has 0 atom stereocenters. The van der Waals surface area contributed by atoms with E-state index in [2.05, 4.69) is 0 Å². The monoisotopic (exact) mass is 421 g/mol. The Labute approximate surface area is 159 Å². The smallest absolute Gasteiger partial charge is 0.416 e. The maximum atomic E-state index is 12.8. The van der Waals surface area contributed by atoms with Gasteiger partial charge in [0.15, 0.2) is 5.75 Å². The van der Waals surface area contributed by atoms with Crippen molar-refractivity contribution in [2.24, 2.45) is 0 Å². The number of carbonyl (C=O) groups is 1. The molecule has 0 aromatic heterocycles. The Balaban J connectivity index is 2.45. The van der Waals surface area contributed by atoms with E-state index in [4.69, 9.17) is 33.0 Å². The number of hydrogen-bond donors (Lipinski definition) is 1. The molecule has 0 unspecified atom stereocenters. The number of alkyl halides is 3. The number of nitrogens with zero attached hydrogens (tertiary/aromatic N) is 1. The molecule has 0 heterocycles. The van der Waals surface area contributed by atoms with E-state index in [-0.39, 0.29) is 17.1 Å². The predicted octanol–water partition coefficient (Wildman–Crippen LogP) is 5.81. The molecule has 0 bridgehead atoms. The maximum absolute atomic E-state index is 12.8. The first-order valence-electron chi connectivity index (χ1n) is 6.92. The molecule has 0 aliphatic heterocycles. The van der Waals surface area contributed by atoms with E-state index in [0.29, 0.717) is 18.2 Å². The second kappa shape index (κ2) is 7.85. The molecule has 0 aliphatic carbocycles. The van der Waals surface area contributed by atoms with Crippen molar-refractivity contribution in [2.75, 3.05) is 0 Å². The van der Waals surface area contributed by atoms with E-state index < -0.39 is 38.4 Å². The van der Waals surface area contributed by atoms with E-state index in [9.17, 15) is 28.1 Å². The number of halogens is 5. The number of ether oxygens (including phenoxy) is 1. The highest BCUT2D eigenvalue weighted by Gasteiger charge is 2.32. The average Bonchev–Trinajstić information content (AvgIpc) is 2.55. The summed E-state index contributed by atoms with van der Waals surface area (Å²) in [5, 5.41) is 18.8. The lowest BCUT2D eigenvalue weighted by Gasteiger charge is -2.13. The van der Waals surface area contributed by atoms with Gasteiger partial charge >= 0.3 is 12.1 Å². The second-order valence-electron chi connectivity index (χ2n) is 5.02. The molecule has 11 heteroatoms. The highest BCUT2D eigenvalue weighted by molar-refractivity contribution is 6.37. The molecule has 0 fully saturated rings. The lowest BCUT2D eigenvalue weighted by molar-refractivity contribution is -0.385. The van der Waals surface area contributed by atoms with Crippen molar-refractivity contribution in [1.29, 1.82) is 0 Å². The Morgan fingerprint density at radius 2 is 1.78 bits per heavy atom. The summed E-state index contributed by atoms with van der Waals surface area (Å²) in [5.41, 5.74) is -1.57. The molecular weight excluding hydrogens is 414 g/mol. The quantitative estimate of drug-likeness (QED) is 0.373. The van der Waals surface area contributed by atoms with Crippen molar-refractivity contribution in [2.45, 2.75) is 6.18 Å². The van der Waals surface area contributed by atoms with Crippen LogP contribution in [0.1, 0.15) is 11.1 Å². The first kappa shape index (κ1) is 20.5. The van der Waals surface area contributed by atoms with Gasteiger partial charge in [-0.25, -0.2) is 4.79 Å². The molecule has 6 nitrogen and oxygen atoms in total. The van der Waals surface area contributed by atoms with Crippen LogP contribution in [-0.4, -0.2) is 16.0 Å². The number of rotatable bonds is 5. The highest BCUT2D eigenvalue weighted by atomic mass is 35.5. The van der Waals surface area contributed by atoms with Crippen LogP contribution < -0.4 is 4.74 Å². The lowest BCUT2D eigenvalue weighted by Crippen LogP contribution is -2.05.